The maximum Gasteiger partial charge on any atom is 0.338 e. The molecule has 174 valence electrons. The van der Waals surface area contributed by atoms with Crippen molar-refractivity contribution in [3.63, 3.8) is 0 Å². The maximum absolute atomic E-state index is 13.1. The van der Waals surface area contributed by atoms with Gasteiger partial charge in [0.1, 0.15) is 0 Å². The lowest BCUT2D eigenvalue weighted by molar-refractivity contribution is -0.143. The molecule has 7 nitrogen and oxygen atoms in total. The molecule has 1 atom stereocenters. The van der Waals surface area contributed by atoms with Gasteiger partial charge in [0.25, 0.3) is 0 Å². The number of esters is 1. The molecule has 1 aromatic rings. The Kier molecular flexibility index (Phi) is 7.87. The zero-order valence-electron chi connectivity index (χ0n) is 19.6. The van der Waals surface area contributed by atoms with Crippen molar-refractivity contribution in [2.45, 2.75) is 59.6 Å². The summed E-state index contributed by atoms with van der Waals surface area (Å²) in [7, 11) is 1.58. The number of nitrogens with zero attached hydrogens (tertiary/aromatic N) is 2. The summed E-state index contributed by atoms with van der Waals surface area (Å²) < 4.78 is 17.0. The fraction of sp³-hybridized carbons (Fsp3) is 0.542. The van der Waals surface area contributed by atoms with E-state index in [0.717, 1.165) is 12.0 Å². The van der Waals surface area contributed by atoms with Crippen LogP contribution in [0.4, 0.5) is 0 Å². The van der Waals surface area contributed by atoms with E-state index in [9.17, 15) is 9.59 Å². The summed E-state index contributed by atoms with van der Waals surface area (Å²) in [6.07, 6.45) is 1.03. The molecule has 2 aliphatic heterocycles. The second-order valence-corrected chi connectivity index (χ2v) is 9.62. The Bertz CT molecular complexity index is 938. The second-order valence-electron chi connectivity index (χ2n) is 8.55. The van der Waals surface area contributed by atoms with Crippen molar-refractivity contribution in [1.82, 2.24) is 4.90 Å². The van der Waals surface area contributed by atoms with E-state index in [1.165, 1.54) is 11.8 Å². The molecule has 1 saturated heterocycles. The number of allylic oxidation sites excluding steroid dienone is 1. The van der Waals surface area contributed by atoms with Gasteiger partial charge in [0.05, 0.1) is 37.1 Å². The molecule has 3 rings (SSSR count). The first kappa shape index (κ1) is 24.2. The van der Waals surface area contributed by atoms with Crippen molar-refractivity contribution in [2.75, 3.05) is 19.5 Å². The highest BCUT2D eigenvalue weighted by Gasteiger charge is 2.42. The molecule has 0 saturated carbocycles. The van der Waals surface area contributed by atoms with Crippen LogP contribution in [0.1, 0.15) is 59.1 Å². The lowest BCUT2D eigenvalue weighted by Gasteiger charge is -2.39. The van der Waals surface area contributed by atoms with Gasteiger partial charge in [0.15, 0.2) is 16.7 Å². The minimum absolute atomic E-state index is 0.0638. The Morgan fingerprint density at radius 2 is 2.00 bits per heavy atom. The van der Waals surface area contributed by atoms with Crippen LogP contribution < -0.4 is 9.47 Å². The van der Waals surface area contributed by atoms with E-state index in [2.05, 4.69) is 18.8 Å². The molecule has 1 fully saturated rings. The number of carbonyl (C=O) groups is 2. The highest BCUT2D eigenvalue weighted by molar-refractivity contribution is 8.14. The van der Waals surface area contributed by atoms with Crippen LogP contribution in [-0.4, -0.2) is 47.5 Å². The smallest absolute Gasteiger partial charge is 0.338 e. The summed E-state index contributed by atoms with van der Waals surface area (Å²) >= 11 is 1.52. The molecule has 0 N–H and O–H groups in total. The largest absolute Gasteiger partial charge is 0.493 e. The van der Waals surface area contributed by atoms with Crippen molar-refractivity contribution < 1.29 is 23.8 Å². The van der Waals surface area contributed by atoms with Crippen LogP contribution in [0.5, 0.6) is 11.5 Å². The minimum atomic E-state index is -0.632. The Morgan fingerprint density at radius 3 is 2.66 bits per heavy atom. The van der Waals surface area contributed by atoms with Crippen LogP contribution >= 0.6 is 11.8 Å². The monoisotopic (exact) mass is 460 g/mol. The second kappa shape index (κ2) is 10.4. The standard InChI is InChI=1S/C24H32N2O5S/c1-14(2)9-11-30-18-8-7-17(13-19(18)29-6)22-21(23(28)31-15(3)4)16(5)25-24-26(22)20(27)10-12-32-24/h7-8,13-15,22H,9-12H2,1-6H3. The zero-order chi connectivity index (χ0) is 23.4. The van der Waals surface area contributed by atoms with Crippen molar-refractivity contribution in [1.29, 1.82) is 0 Å². The number of ether oxygens (including phenoxy) is 3. The van der Waals surface area contributed by atoms with E-state index in [-0.39, 0.29) is 12.0 Å². The summed E-state index contributed by atoms with van der Waals surface area (Å²) in [5.74, 6) is 1.86. The fourth-order valence-corrected chi connectivity index (χ4v) is 4.64. The first-order valence-electron chi connectivity index (χ1n) is 11.0. The van der Waals surface area contributed by atoms with Crippen LogP contribution in [0.2, 0.25) is 0 Å². The number of carbonyl (C=O) groups excluding carboxylic acids is 2. The molecule has 1 unspecified atom stereocenters. The van der Waals surface area contributed by atoms with Crippen LogP contribution in [0.15, 0.2) is 34.5 Å². The molecule has 8 heteroatoms. The molecule has 0 aliphatic carbocycles. The van der Waals surface area contributed by atoms with Crippen molar-refractivity contribution in [3.8, 4) is 11.5 Å². The number of hydrogen-bond donors (Lipinski definition) is 0. The van der Waals surface area contributed by atoms with Crippen molar-refractivity contribution >= 4 is 28.8 Å². The van der Waals surface area contributed by atoms with Crippen LogP contribution in [0, 0.1) is 5.92 Å². The number of hydrogen-bond acceptors (Lipinski definition) is 7. The quantitative estimate of drug-likeness (QED) is 0.523. The van der Waals surface area contributed by atoms with Crippen LogP contribution in [0.25, 0.3) is 0 Å². The average molecular weight is 461 g/mol. The van der Waals surface area contributed by atoms with Gasteiger partial charge in [0, 0.05) is 12.2 Å². The lowest BCUT2D eigenvalue weighted by Crippen LogP contribution is -2.46. The third-order valence-corrected chi connectivity index (χ3v) is 6.18. The Hall–Kier alpha value is -2.48. The molecule has 2 heterocycles. The van der Waals surface area contributed by atoms with E-state index < -0.39 is 12.0 Å². The van der Waals surface area contributed by atoms with Gasteiger partial charge in [-0.3, -0.25) is 9.69 Å². The van der Waals surface area contributed by atoms with Gasteiger partial charge in [-0.15, -0.1) is 0 Å². The Morgan fingerprint density at radius 1 is 1.25 bits per heavy atom. The van der Waals surface area contributed by atoms with Gasteiger partial charge >= 0.3 is 5.97 Å². The van der Waals surface area contributed by atoms with Gasteiger partial charge in [-0.25, -0.2) is 9.79 Å². The van der Waals surface area contributed by atoms with Crippen molar-refractivity contribution in [2.24, 2.45) is 10.9 Å². The van der Waals surface area contributed by atoms with Gasteiger partial charge < -0.3 is 14.2 Å². The van der Waals surface area contributed by atoms with Crippen LogP contribution in [0.3, 0.4) is 0 Å². The van der Waals surface area contributed by atoms with Crippen LogP contribution in [-0.2, 0) is 14.3 Å². The number of amidine groups is 1. The highest BCUT2D eigenvalue weighted by Crippen LogP contribution is 2.42. The van der Waals surface area contributed by atoms with Gasteiger partial charge in [0.2, 0.25) is 5.91 Å². The molecular formula is C24H32N2O5S. The number of amides is 1. The molecule has 0 bridgehead atoms. The first-order valence-corrected chi connectivity index (χ1v) is 12.0. The highest BCUT2D eigenvalue weighted by atomic mass is 32.2. The molecule has 1 amide bonds. The third-order valence-electron chi connectivity index (χ3n) is 5.23. The molecular weight excluding hydrogens is 428 g/mol. The van der Waals surface area contributed by atoms with Crippen molar-refractivity contribution in [3.05, 3.63) is 35.0 Å². The lowest BCUT2D eigenvalue weighted by atomic mass is 9.93. The Labute approximate surface area is 194 Å². The van der Waals surface area contributed by atoms with E-state index in [0.29, 0.717) is 52.6 Å². The first-order chi connectivity index (χ1) is 15.2. The van der Waals surface area contributed by atoms with Gasteiger partial charge in [-0.1, -0.05) is 31.7 Å². The summed E-state index contributed by atoms with van der Waals surface area (Å²) in [6, 6.07) is 4.92. The predicted octanol–water partition coefficient (Wildman–Crippen LogP) is 4.72. The van der Waals surface area contributed by atoms with E-state index in [1.807, 2.05) is 18.2 Å². The number of methoxy groups -OCH3 is 1. The number of fused-ring (bicyclic) bond motifs is 1. The number of rotatable bonds is 8. The molecule has 2 aliphatic rings. The molecule has 0 spiro atoms. The normalized spacial score (nSPS) is 18.6. The summed E-state index contributed by atoms with van der Waals surface area (Å²) in [4.78, 5) is 32.2. The molecule has 32 heavy (non-hydrogen) atoms. The minimum Gasteiger partial charge on any atom is -0.493 e. The van der Waals surface area contributed by atoms with E-state index >= 15 is 0 Å². The SMILES string of the molecule is COc1cc(C2C(C(=O)OC(C)C)=C(C)N=C3SCCC(=O)N32)ccc1OCCC(C)C. The molecule has 1 aromatic carbocycles. The fourth-order valence-electron chi connectivity index (χ4n) is 3.63. The summed E-state index contributed by atoms with van der Waals surface area (Å²) in [5.41, 5.74) is 1.68. The molecule has 0 radical (unpaired) electrons. The molecule has 0 aromatic heterocycles. The van der Waals surface area contributed by atoms with Gasteiger partial charge in [-0.2, -0.15) is 0 Å². The number of benzene rings is 1. The average Bonchev–Trinajstić information content (AvgIpc) is 2.72. The third kappa shape index (κ3) is 5.28. The number of aliphatic imine (C=N–C) groups is 1. The Balaban J connectivity index is 2.03. The zero-order valence-corrected chi connectivity index (χ0v) is 20.5. The van der Waals surface area contributed by atoms with E-state index in [4.69, 9.17) is 14.2 Å². The van der Waals surface area contributed by atoms with E-state index in [1.54, 1.807) is 32.8 Å². The topological polar surface area (TPSA) is 77.4 Å². The summed E-state index contributed by atoms with van der Waals surface area (Å²) in [6.45, 7) is 10.3. The predicted molar refractivity (Wildman–Crippen MR) is 126 cm³/mol. The number of thioether (sulfide) groups is 1. The summed E-state index contributed by atoms with van der Waals surface area (Å²) in [5, 5.41) is 0.612. The maximum atomic E-state index is 13.1. The van der Waals surface area contributed by atoms with Gasteiger partial charge in [-0.05, 0) is 50.8 Å².